The summed E-state index contributed by atoms with van der Waals surface area (Å²) in [4.78, 5) is 15.8. The monoisotopic (exact) mass is 194 g/mol. The largest absolute Gasteiger partial charge is 0.468 e. The third-order valence-corrected chi connectivity index (χ3v) is 2.69. The van der Waals surface area contributed by atoms with Gasteiger partial charge in [-0.1, -0.05) is 0 Å². The summed E-state index contributed by atoms with van der Waals surface area (Å²) in [6, 6.07) is 0. The van der Waals surface area contributed by atoms with Crippen LogP contribution in [0.15, 0.2) is 12.4 Å². The topological polar surface area (TPSA) is 44.1 Å². The maximum absolute atomic E-state index is 11.6. The van der Waals surface area contributed by atoms with Gasteiger partial charge in [0, 0.05) is 19.4 Å². The number of aromatic nitrogens is 2. The molecule has 4 heteroatoms. The van der Waals surface area contributed by atoms with Crippen LogP contribution in [-0.4, -0.2) is 22.6 Å². The number of carbonyl (C=O) groups excluding carboxylic acids is 1. The maximum Gasteiger partial charge on any atom is 0.316 e. The highest BCUT2D eigenvalue weighted by molar-refractivity contribution is 5.77. The summed E-state index contributed by atoms with van der Waals surface area (Å²) < 4.78 is 6.69. The van der Waals surface area contributed by atoms with Gasteiger partial charge in [0.1, 0.15) is 11.7 Å². The Hall–Kier alpha value is -1.32. The molecule has 0 spiro atoms. The number of nitrogens with zero attached hydrogens (tertiary/aromatic N) is 2. The van der Waals surface area contributed by atoms with E-state index in [1.54, 1.807) is 6.20 Å². The fourth-order valence-corrected chi connectivity index (χ4v) is 1.74. The van der Waals surface area contributed by atoms with E-state index in [0.717, 1.165) is 18.7 Å². The van der Waals surface area contributed by atoms with Crippen LogP contribution >= 0.6 is 0 Å². The highest BCUT2D eigenvalue weighted by Crippen LogP contribution is 2.42. The van der Waals surface area contributed by atoms with E-state index < -0.39 is 0 Å². The molecule has 1 aliphatic rings. The van der Waals surface area contributed by atoms with Crippen molar-refractivity contribution in [2.75, 3.05) is 7.11 Å². The van der Waals surface area contributed by atoms with Crippen molar-refractivity contribution in [2.24, 2.45) is 13.0 Å². The van der Waals surface area contributed by atoms with Crippen molar-refractivity contribution in [1.82, 2.24) is 9.55 Å². The molecule has 0 saturated heterocycles. The van der Waals surface area contributed by atoms with Crippen molar-refractivity contribution >= 4 is 5.97 Å². The third-order valence-electron chi connectivity index (χ3n) is 2.69. The van der Waals surface area contributed by atoms with Gasteiger partial charge >= 0.3 is 5.97 Å². The Balaban J connectivity index is 2.26. The van der Waals surface area contributed by atoms with Crippen molar-refractivity contribution in [3.05, 3.63) is 18.2 Å². The summed E-state index contributed by atoms with van der Waals surface area (Å²) in [5.41, 5.74) is 0. The van der Waals surface area contributed by atoms with Gasteiger partial charge < -0.3 is 9.30 Å². The van der Waals surface area contributed by atoms with Crippen molar-refractivity contribution in [2.45, 2.75) is 18.8 Å². The van der Waals surface area contributed by atoms with Crippen LogP contribution in [0.5, 0.6) is 0 Å². The highest BCUT2D eigenvalue weighted by atomic mass is 16.5. The van der Waals surface area contributed by atoms with Crippen molar-refractivity contribution in [3.63, 3.8) is 0 Å². The number of hydrogen-bond acceptors (Lipinski definition) is 3. The number of carbonyl (C=O) groups is 1. The predicted molar refractivity (Wildman–Crippen MR) is 50.7 cm³/mol. The van der Waals surface area contributed by atoms with E-state index in [0.29, 0.717) is 5.92 Å². The molecule has 0 radical (unpaired) electrons. The average Bonchev–Trinajstić information content (AvgIpc) is 2.92. The molecular formula is C10H14N2O2. The molecule has 0 N–H and O–H groups in total. The summed E-state index contributed by atoms with van der Waals surface area (Å²) in [6.45, 7) is 0. The minimum atomic E-state index is -0.167. The summed E-state index contributed by atoms with van der Waals surface area (Å²) >= 11 is 0. The van der Waals surface area contributed by atoms with Crippen molar-refractivity contribution in [3.8, 4) is 0 Å². The lowest BCUT2D eigenvalue weighted by Gasteiger charge is -2.13. The summed E-state index contributed by atoms with van der Waals surface area (Å²) in [7, 11) is 3.33. The first-order valence-electron chi connectivity index (χ1n) is 4.79. The van der Waals surface area contributed by atoms with Gasteiger partial charge in [0.2, 0.25) is 0 Å². The number of hydrogen-bond donors (Lipinski definition) is 0. The van der Waals surface area contributed by atoms with Crippen LogP contribution in [0.3, 0.4) is 0 Å². The molecule has 0 aliphatic heterocycles. The molecule has 4 nitrogen and oxygen atoms in total. The minimum Gasteiger partial charge on any atom is -0.468 e. The second-order valence-electron chi connectivity index (χ2n) is 3.73. The predicted octanol–water partition coefficient (Wildman–Crippen LogP) is 1.09. The first-order valence-corrected chi connectivity index (χ1v) is 4.79. The van der Waals surface area contributed by atoms with E-state index >= 15 is 0 Å². The van der Waals surface area contributed by atoms with Crippen LogP contribution in [0, 0.1) is 5.92 Å². The summed E-state index contributed by atoms with van der Waals surface area (Å²) in [6.07, 6.45) is 5.78. The number of ether oxygens (including phenoxy) is 1. The normalized spacial score (nSPS) is 17.9. The SMILES string of the molecule is COC(=O)C(c1nccn1C)C1CC1. The Bertz CT molecular complexity index is 342. The lowest BCUT2D eigenvalue weighted by atomic mass is 10.0. The number of methoxy groups -OCH3 is 1. The van der Waals surface area contributed by atoms with Gasteiger partial charge in [-0.3, -0.25) is 4.79 Å². The summed E-state index contributed by atoms with van der Waals surface area (Å²) in [5.74, 6) is 0.921. The summed E-state index contributed by atoms with van der Waals surface area (Å²) in [5, 5.41) is 0. The fourth-order valence-electron chi connectivity index (χ4n) is 1.74. The Morgan fingerprint density at radius 2 is 2.43 bits per heavy atom. The van der Waals surface area contributed by atoms with Gasteiger partial charge in [0.15, 0.2) is 0 Å². The number of imidazole rings is 1. The van der Waals surface area contributed by atoms with E-state index in [4.69, 9.17) is 4.74 Å². The fraction of sp³-hybridized carbons (Fsp3) is 0.600. The smallest absolute Gasteiger partial charge is 0.316 e. The van der Waals surface area contributed by atoms with E-state index in [9.17, 15) is 4.79 Å². The van der Waals surface area contributed by atoms with Gasteiger partial charge in [-0.15, -0.1) is 0 Å². The second-order valence-corrected chi connectivity index (χ2v) is 3.73. The van der Waals surface area contributed by atoms with E-state index in [2.05, 4.69) is 4.98 Å². The molecular weight excluding hydrogens is 180 g/mol. The molecule has 14 heavy (non-hydrogen) atoms. The van der Waals surface area contributed by atoms with Crippen molar-refractivity contribution < 1.29 is 9.53 Å². The zero-order valence-electron chi connectivity index (χ0n) is 8.43. The lowest BCUT2D eigenvalue weighted by Crippen LogP contribution is -2.19. The van der Waals surface area contributed by atoms with Gasteiger partial charge in [0.05, 0.1) is 7.11 Å². The van der Waals surface area contributed by atoms with Gasteiger partial charge in [-0.25, -0.2) is 4.98 Å². The Morgan fingerprint density at radius 3 is 2.86 bits per heavy atom. The van der Waals surface area contributed by atoms with Crippen LogP contribution in [0.25, 0.3) is 0 Å². The molecule has 1 atom stereocenters. The average molecular weight is 194 g/mol. The van der Waals surface area contributed by atoms with Gasteiger partial charge in [-0.05, 0) is 18.8 Å². The first kappa shape index (κ1) is 9.24. The van der Waals surface area contributed by atoms with E-state index in [-0.39, 0.29) is 11.9 Å². The molecule has 0 bridgehead atoms. The molecule has 1 saturated carbocycles. The van der Waals surface area contributed by atoms with Crippen LogP contribution in [0.2, 0.25) is 0 Å². The molecule has 0 amide bonds. The molecule has 1 unspecified atom stereocenters. The zero-order valence-corrected chi connectivity index (χ0v) is 8.43. The quantitative estimate of drug-likeness (QED) is 0.676. The zero-order chi connectivity index (χ0) is 10.1. The first-order chi connectivity index (χ1) is 6.74. The third kappa shape index (κ3) is 1.52. The van der Waals surface area contributed by atoms with Gasteiger partial charge in [0.25, 0.3) is 0 Å². The van der Waals surface area contributed by atoms with Crippen molar-refractivity contribution in [1.29, 1.82) is 0 Å². The van der Waals surface area contributed by atoms with Gasteiger partial charge in [-0.2, -0.15) is 0 Å². The van der Waals surface area contributed by atoms with E-state index in [1.807, 2.05) is 17.8 Å². The van der Waals surface area contributed by atoms with Crippen LogP contribution in [0.1, 0.15) is 24.6 Å². The Kier molecular flexibility index (Phi) is 2.27. The standard InChI is InChI=1S/C10H14N2O2/c1-12-6-5-11-9(12)8(7-3-4-7)10(13)14-2/h5-8H,3-4H2,1-2H3. The molecule has 1 aromatic rings. The molecule has 1 fully saturated rings. The molecule has 2 rings (SSSR count). The number of rotatable bonds is 3. The van der Waals surface area contributed by atoms with Crippen LogP contribution < -0.4 is 0 Å². The Labute approximate surface area is 82.9 Å². The molecule has 1 aliphatic carbocycles. The number of aryl methyl sites for hydroxylation is 1. The maximum atomic E-state index is 11.6. The minimum absolute atomic E-state index is 0.165. The van der Waals surface area contributed by atoms with Crippen LogP contribution in [0.4, 0.5) is 0 Å². The van der Waals surface area contributed by atoms with Crippen LogP contribution in [-0.2, 0) is 16.6 Å². The molecule has 1 heterocycles. The second kappa shape index (κ2) is 3.44. The lowest BCUT2D eigenvalue weighted by molar-refractivity contribution is -0.143. The Morgan fingerprint density at radius 1 is 1.71 bits per heavy atom. The number of esters is 1. The van der Waals surface area contributed by atoms with E-state index in [1.165, 1.54) is 7.11 Å². The molecule has 1 aromatic heterocycles. The highest BCUT2D eigenvalue weighted by Gasteiger charge is 2.40. The molecule has 76 valence electrons. The molecule has 0 aromatic carbocycles.